The quantitative estimate of drug-likeness (QED) is 0.868. The van der Waals surface area contributed by atoms with Crippen LogP contribution in [0.5, 0.6) is 0 Å². The van der Waals surface area contributed by atoms with Gasteiger partial charge in [0.2, 0.25) is 5.91 Å². The molecule has 0 saturated carbocycles. The Morgan fingerprint density at radius 3 is 2.40 bits per heavy atom. The van der Waals surface area contributed by atoms with Crippen LogP contribution in [0.15, 0.2) is 48.8 Å². The van der Waals surface area contributed by atoms with Gasteiger partial charge in [-0.05, 0) is 35.7 Å². The van der Waals surface area contributed by atoms with Crippen molar-refractivity contribution in [1.82, 2.24) is 4.98 Å². The number of carbonyl (C=O) groups is 1. The number of aromatic nitrogens is 1. The van der Waals surface area contributed by atoms with Crippen LogP contribution in [-0.4, -0.2) is 17.9 Å². The van der Waals surface area contributed by atoms with Gasteiger partial charge >= 0.3 is 0 Å². The van der Waals surface area contributed by atoms with Crippen molar-refractivity contribution in [1.29, 1.82) is 0 Å². The Hall–Kier alpha value is -2.36. The molecule has 2 rings (SSSR count). The molecule has 1 aromatic heterocycles. The summed E-state index contributed by atoms with van der Waals surface area (Å²) in [6, 6.07) is 11.3. The maximum atomic E-state index is 12.3. The number of amides is 1. The number of hydrogen-bond acceptors (Lipinski definition) is 3. The van der Waals surface area contributed by atoms with Crippen LogP contribution in [0, 0.1) is 0 Å². The molecule has 0 aliphatic heterocycles. The smallest absolute Gasteiger partial charge is 0.227 e. The molecule has 20 heavy (non-hydrogen) atoms. The van der Waals surface area contributed by atoms with Crippen LogP contribution in [0.4, 0.5) is 11.4 Å². The predicted octanol–water partition coefficient (Wildman–Crippen LogP) is 2.82. The molecule has 1 atom stereocenters. The lowest BCUT2D eigenvalue weighted by Gasteiger charge is -2.19. The number of nitrogens with zero attached hydrogens (tertiary/aromatic N) is 2. The van der Waals surface area contributed by atoms with Crippen LogP contribution in [0.2, 0.25) is 0 Å². The number of carbonyl (C=O) groups excluding carboxylic acids is 1. The van der Waals surface area contributed by atoms with E-state index < -0.39 is 0 Å². The molecule has 1 amide bonds. The number of pyridine rings is 1. The number of anilines is 2. The molecule has 1 aromatic carbocycles. The Morgan fingerprint density at radius 1 is 1.20 bits per heavy atom. The minimum absolute atomic E-state index is 0.0838. The largest absolute Gasteiger partial charge is 0.399 e. The molecular weight excluding hydrogens is 250 g/mol. The lowest BCUT2D eigenvalue weighted by molar-refractivity contribution is -0.118. The zero-order valence-electron chi connectivity index (χ0n) is 11.8. The first-order valence-corrected chi connectivity index (χ1v) is 6.60. The van der Waals surface area contributed by atoms with Gasteiger partial charge in [0.15, 0.2) is 0 Å². The van der Waals surface area contributed by atoms with Crippen molar-refractivity contribution in [3.8, 4) is 0 Å². The summed E-state index contributed by atoms with van der Waals surface area (Å²) in [5.41, 5.74) is 8.39. The highest BCUT2D eigenvalue weighted by Gasteiger charge is 2.15. The minimum atomic E-state index is 0.0838. The number of nitrogen functional groups attached to an aromatic ring is 1. The first kappa shape index (κ1) is 14.1. The van der Waals surface area contributed by atoms with Crippen LogP contribution in [0.1, 0.15) is 24.8 Å². The molecule has 4 nitrogen and oxygen atoms in total. The van der Waals surface area contributed by atoms with Gasteiger partial charge in [-0.15, -0.1) is 0 Å². The normalized spacial score (nSPS) is 11.9. The molecular formula is C16H19N3O. The van der Waals surface area contributed by atoms with E-state index in [2.05, 4.69) is 4.98 Å². The third-order valence-corrected chi connectivity index (χ3v) is 3.41. The topological polar surface area (TPSA) is 59.2 Å². The third kappa shape index (κ3) is 3.35. The zero-order chi connectivity index (χ0) is 14.5. The van der Waals surface area contributed by atoms with Crippen molar-refractivity contribution in [3.05, 3.63) is 54.4 Å². The van der Waals surface area contributed by atoms with Gasteiger partial charge in [0.25, 0.3) is 0 Å². The zero-order valence-corrected chi connectivity index (χ0v) is 11.8. The van der Waals surface area contributed by atoms with Gasteiger partial charge in [-0.1, -0.05) is 19.1 Å². The van der Waals surface area contributed by atoms with Crippen LogP contribution in [0.25, 0.3) is 0 Å². The van der Waals surface area contributed by atoms with Crippen molar-refractivity contribution in [2.24, 2.45) is 0 Å². The Labute approximate surface area is 119 Å². The molecule has 2 aromatic rings. The molecule has 0 saturated heterocycles. The summed E-state index contributed by atoms with van der Waals surface area (Å²) in [6.07, 6.45) is 3.83. The summed E-state index contributed by atoms with van der Waals surface area (Å²) >= 11 is 0. The minimum Gasteiger partial charge on any atom is -0.399 e. The van der Waals surface area contributed by atoms with Crippen LogP contribution in [0.3, 0.4) is 0 Å². The second-order valence-electron chi connectivity index (χ2n) is 4.93. The Kier molecular flexibility index (Phi) is 4.35. The third-order valence-electron chi connectivity index (χ3n) is 3.41. The summed E-state index contributed by atoms with van der Waals surface area (Å²) in [5, 5.41) is 0. The molecule has 1 unspecified atom stereocenters. The molecule has 2 N–H and O–H groups in total. The van der Waals surface area contributed by atoms with Crippen LogP contribution < -0.4 is 10.6 Å². The molecule has 1 heterocycles. The van der Waals surface area contributed by atoms with Crippen molar-refractivity contribution >= 4 is 17.3 Å². The first-order chi connectivity index (χ1) is 9.58. The SMILES string of the molecule is CC(CC(=O)N(C)c1ccncc1)c1ccc(N)cc1. The van der Waals surface area contributed by atoms with Crippen LogP contribution in [-0.2, 0) is 4.79 Å². The van der Waals surface area contributed by atoms with Crippen molar-refractivity contribution in [2.45, 2.75) is 19.3 Å². The molecule has 0 bridgehead atoms. The fourth-order valence-corrected chi connectivity index (χ4v) is 2.05. The fraction of sp³-hybridized carbons (Fsp3) is 0.250. The highest BCUT2D eigenvalue weighted by atomic mass is 16.2. The van der Waals surface area contributed by atoms with E-state index in [1.807, 2.05) is 43.3 Å². The summed E-state index contributed by atoms with van der Waals surface area (Å²) in [4.78, 5) is 17.9. The Balaban J connectivity index is 2.02. The van der Waals surface area contributed by atoms with Gasteiger partial charge in [-0.25, -0.2) is 0 Å². The molecule has 104 valence electrons. The molecule has 0 spiro atoms. The number of hydrogen-bond donors (Lipinski definition) is 1. The second kappa shape index (κ2) is 6.19. The van der Waals surface area contributed by atoms with Crippen molar-refractivity contribution in [2.75, 3.05) is 17.7 Å². The fourth-order valence-electron chi connectivity index (χ4n) is 2.05. The average molecular weight is 269 g/mol. The van der Waals surface area contributed by atoms with Gasteiger partial charge in [0.1, 0.15) is 0 Å². The van der Waals surface area contributed by atoms with E-state index in [0.29, 0.717) is 6.42 Å². The van der Waals surface area contributed by atoms with Gasteiger partial charge in [-0.3, -0.25) is 9.78 Å². The lowest BCUT2D eigenvalue weighted by Crippen LogP contribution is -2.27. The number of rotatable bonds is 4. The molecule has 0 aliphatic rings. The van der Waals surface area contributed by atoms with E-state index in [-0.39, 0.29) is 11.8 Å². The van der Waals surface area contributed by atoms with Gasteiger partial charge in [0.05, 0.1) is 0 Å². The van der Waals surface area contributed by atoms with E-state index in [4.69, 9.17) is 5.73 Å². The predicted molar refractivity (Wildman–Crippen MR) is 81.5 cm³/mol. The second-order valence-corrected chi connectivity index (χ2v) is 4.93. The van der Waals surface area contributed by atoms with Gasteiger partial charge in [-0.2, -0.15) is 0 Å². The van der Waals surface area contributed by atoms with Crippen molar-refractivity contribution in [3.63, 3.8) is 0 Å². The summed E-state index contributed by atoms with van der Waals surface area (Å²) in [7, 11) is 1.79. The van der Waals surface area contributed by atoms with E-state index in [0.717, 1.165) is 16.9 Å². The Bertz CT molecular complexity index is 566. The molecule has 0 radical (unpaired) electrons. The first-order valence-electron chi connectivity index (χ1n) is 6.60. The summed E-state index contributed by atoms with van der Waals surface area (Å²) < 4.78 is 0. The van der Waals surface area contributed by atoms with Crippen molar-refractivity contribution < 1.29 is 4.79 Å². The summed E-state index contributed by atoms with van der Waals surface area (Å²) in [5.74, 6) is 0.243. The molecule has 0 aliphatic carbocycles. The van der Waals surface area contributed by atoms with Gasteiger partial charge in [0, 0.05) is 37.2 Å². The highest BCUT2D eigenvalue weighted by molar-refractivity contribution is 5.93. The van der Waals surface area contributed by atoms with E-state index in [9.17, 15) is 4.79 Å². The average Bonchev–Trinajstić information content (AvgIpc) is 2.48. The lowest BCUT2D eigenvalue weighted by atomic mass is 9.97. The maximum absolute atomic E-state index is 12.3. The standard InChI is InChI=1S/C16H19N3O/c1-12(13-3-5-14(17)6-4-13)11-16(20)19(2)15-7-9-18-10-8-15/h3-10,12H,11,17H2,1-2H3. The maximum Gasteiger partial charge on any atom is 0.227 e. The van der Waals surface area contributed by atoms with E-state index in [1.165, 1.54) is 0 Å². The molecule has 0 fully saturated rings. The van der Waals surface area contributed by atoms with Crippen LogP contribution >= 0.6 is 0 Å². The molecule has 4 heteroatoms. The van der Waals surface area contributed by atoms with E-state index in [1.54, 1.807) is 24.3 Å². The highest BCUT2D eigenvalue weighted by Crippen LogP contribution is 2.22. The summed E-state index contributed by atoms with van der Waals surface area (Å²) in [6.45, 7) is 2.05. The van der Waals surface area contributed by atoms with Gasteiger partial charge < -0.3 is 10.6 Å². The Morgan fingerprint density at radius 2 is 1.80 bits per heavy atom. The number of nitrogens with two attached hydrogens (primary N) is 1. The number of benzene rings is 1. The monoisotopic (exact) mass is 269 g/mol. The van der Waals surface area contributed by atoms with E-state index >= 15 is 0 Å².